The third-order valence-corrected chi connectivity index (χ3v) is 5.38. The minimum Gasteiger partial charge on any atom is -0.342 e. The second kappa shape index (κ2) is 5.36. The normalized spacial score (nSPS) is 22.9. The van der Waals surface area contributed by atoms with Gasteiger partial charge in [0.15, 0.2) is 0 Å². The average molecular weight is 304 g/mol. The van der Waals surface area contributed by atoms with Crippen molar-refractivity contribution in [2.75, 3.05) is 13.1 Å². The fourth-order valence-corrected chi connectivity index (χ4v) is 3.28. The molecule has 1 aromatic rings. The summed E-state index contributed by atoms with van der Waals surface area (Å²) in [6.07, 6.45) is 6.18. The topological polar surface area (TPSA) is 51.0 Å². The number of amides is 1. The summed E-state index contributed by atoms with van der Waals surface area (Å²) in [7, 11) is 0. The average Bonchev–Trinajstić information content (AvgIpc) is 3.04. The number of hydrogen-bond donors (Lipinski definition) is 0. The second-order valence-electron chi connectivity index (χ2n) is 8.13. The lowest BCUT2D eigenvalue weighted by Gasteiger charge is -2.39. The summed E-state index contributed by atoms with van der Waals surface area (Å²) in [5.74, 6) is 0.930. The van der Waals surface area contributed by atoms with Gasteiger partial charge < -0.3 is 4.90 Å². The minimum absolute atomic E-state index is 0.0475. The fraction of sp³-hybridized carbons (Fsp3) is 0.824. The van der Waals surface area contributed by atoms with E-state index in [-0.39, 0.29) is 10.8 Å². The van der Waals surface area contributed by atoms with Crippen LogP contribution < -0.4 is 0 Å². The summed E-state index contributed by atoms with van der Waals surface area (Å²) >= 11 is 0. The summed E-state index contributed by atoms with van der Waals surface area (Å²) in [4.78, 5) is 14.5. The van der Waals surface area contributed by atoms with Crippen molar-refractivity contribution in [3.05, 3.63) is 11.9 Å². The van der Waals surface area contributed by atoms with E-state index in [4.69, 9.17) is 0 Å². The van der Waals surface area contributed by atoms with E-state index in [1.807, 2.05) is 4.68 Å². The molecule has 2 heterocycles. The zero-order valence-electron chi connectivity index (χ0n) is 14.3. The fourth-order valence-electron chi connectivity index (χ4n) is 3.28. The Balaban J connectivity index is 1.63. The van der Waals surface area contributed by atoms with Crippen molar-refractivity contribution in [2.45, 2.75) is 65.3 Å². The SMILES string of the molecule is CC(C)Cn1cc(C2(C)CCN(C(=O)C3(C)CC3)CC2)nn1. The minimum atomic E-state index is -0.0475. The molecule has 2 aliphatic rings. The van der Waals surface area contributed by atoms with Gasteiger partial charge in [-0.05, 0) is 31.6 Å². The largest absolute Gasteiger partial charge is 0.342 e. The van der Waals surface area contributed by atoms with Gasteiger partial charge >= 0.3 is 0 Å². The summed E-state index contributed by atoms with van der Waals surface area (Å²) in [6.45, 7) is 11.3. The summed E-state index contributed by atoms with van der Waals surface area (Å²) in [5, 5.41) is 8.67. The highest BCUT2D eigenvalue weighted by Crippen LogP contribution is 2.47. The van der Waals surface area contributed by atoms with Gasteiger partial charge in [0.05, 0.1) is 5.69 Å². The molecule has 0 bridgehead atoms. The van der Waals surface area contributed by atoms with Crippen molar-refractivity contribution < 1.29 is 4.79 Å². The summed E-state index contributed by atoms with van der Waals surface area (Å²) < 4.78 is 1.95. The van der Waals surface area contributed by atoms with Crippen LogP contribution in [0.3, 0.4) is 0 Å². The van der Waals surface area contributed by atoms with Gasteiger partial charge in [0.25, 0.3) is 0 Å². The quantitative estimate of drug-likeness (QED) is 0.859. The molecule has 3 rings (SSSR count). The van der Waals surface area contributed by atoms with Crippen molar-refractivity contribution in [3.8, 4) is 0 Å². The van der Waals surface area contributed by atoms with Crippen LogP contribution in [0, 0.1) is 11.3 Å². The van der Waals surface area contributed by atoms with E-state index in [0.717, 1.165) is 51.0 Å². The van der Waals surface area contributed by atoms with E-state index in [1.165, 1.54) is 0 Å². The molecular weight excluding hydrogens is 276 g/mol. The Morgan fingerprint density at radius 1 is 1.23 bits per heavy atom. The third-order valence-electron chi connectivity index (χ3n) is 5.38. The molecule has 1 saturated carbocycles. The van der Waals surface area contributed by atoms with Crippen LogP contribution in [0.4, 0.5) is 0 Å². The van der Waals surface area contributed by atoms with Crippen LogP contribution in [-0.2, 0) is 16.8 Å². The number of rotatable bonds is 4. The molecule has 0 atom stereocenters. The molecule has 1 amide bonds. The Morgan fingerprint density at radius 3 is 2.41 bits per heavy atom. The number of aromatic nitrogens is 3. The lowest BCUT2D eigenvalue weighted by atomic mass is 9.77. The molecule has 1 aliphatic heterocycles. The Hall–Kier alpha value is -1.39. The molecule has 0 unspecified atom stereocenters. The van der Waals surface area contributed by atoms with Gasteiger partial charge in [-0.1, -0.05) is 32.9 Å². The van der Waals surface area contributed by atoms with E-state index in [0.29, 0.717) is 11.8 Å². The van der Waals surface area contributed by atoms with Crippen LogP contribution in [0.25, 0.3) is 0 Å². The van der Waals surface area contributed by atoms with Gasteiger partial charge in [-0.15, -0.1) is 5.10 Å². The summed E-state index contributed by atoms with van der Waals surface area (Å²) in [5.41, 5.74) is 1.09. The molecule has 5 heteroatoms. The monoisotopic (exact) mass is 304 g/mol. The highest BCUT2D eigenvalue weighted by molar-refractivity contribution is 5.85. The van der Waals surface area contributed by atoms with Crippen LogP contribution >= 0.6 is 0 Å². The smallest absolute Gasteiger partial charge is 0.228 e. The van der Waals surface area contributed by atoms with E-state index in [9.17, 15) is 4.79 Å². The molecule has 2 fully saturated rings. The molecule has 0 aromatic carbocycles. The third kappa shape index (κ3) is 2.90. The van der Waals surface area contributed by atoms with Crippen LogP contribution in [0.15, 0.2) is 6.20 Å². The standard InChI is InChI=1S/C17H28N4O/c1-13(2)11-21-12-14(18-19-21)16(3)7-9-20(10-8-16)15(22)17(4)5-6-17/h12-13H,5-11H2,1-4H3. The molecule has 1 aromatic heterocycles. The number of hydrogen-bond acceptors (Lipinski definition) is 3. The zero-order valence-corrected chi connectivity index (χ0v) is 14.3. The number of nitrogens with zero attached hydrogens (tertiary/aromatic N) is 4. The second-order valence-corrected chi connectivity index (χ2v) is 8.13. The Kier molecular flexibility index (Phi) is 3.77. The molecular formula is C17H28N4O. The van der Waals surface area contributed by atoms with Crippen LogP contribution in [0.1, 0.15) is 59.1 Å². The van der Waals surface area contributed by atoms with Gasteiger partial charge in [0.2, 0.25) is 5.91 Å². The number of likely N-dealkylation sites (tertiary alicyclic amines) is 1. The van der Waals surface area contributed by atoms with E-state index in [1.54, 1.807) is 0 Å². The van der Waals surface area contributed by atoms with E-state index < -0.39 is 0 Å². The number of piperidine rings is 1. The molecule has 0 spiro atoms. The highest BCUT2D eigenvalue weighted by Gasteiger charge is 2.48. The zero-order chi connectivity index (χ0) is 16.0. The number of carbonyl (C=O) groups is 1. The maximum Gasteiger partial charge on any atom is 0.228 e. The molecule has 0 radical (unpaired) electrons. The van der Waals surface area contributed by atoms with Gasteiger partial charge in [-0.3, -0.25) is 9.48 Å². The van der Waals surface area contributed by atoms with Crippen molar-refractivity contribution in [1.29, 1.82) is 0 Å². The van der Waals surface area contributed by atoms with Gasteiger partial charge in [-0.2, -0.15) is 0 Å². The Morgan fingerprint density at radius 2 is 1.86 bits per heavy atom. The van der Waals surface area contributed by atoms with E-state index in [2.05, 4.69) is 49.1 Å². The van der Waals surface area contributed by atoms with Crippen LogP contribution in [0.2, 0.25) is 0 Å². The van der Waals surface area contributed by atoms with E-state index >= 15 is 0 Å². The van der Waals surface area contributed by atoms with Gasteiger partial charge in [0, 0.05) is 36.7 Å². The van der Waals surface area contributed by atoms with Crippen molar-refractivity contribution in [3.63, 3.8) is 0 Å². The maximum atomic E-state index is 12.4. The first-order valence-electron chi connectivity index (χ1n) is 8.52. The van der Waals surface area contributed by atoms with Crippen molar-refractivity contribution in [2.24, 2.45) is 11.3 Å². The van der Waals surface area contributed by atoms with Crippen LogP contribution in [0.5, 0.6) is 0 Å². The maximum absolute atomic E-state index is 12.4. The molecule has 0 N–H and O–H groups in total. The molecule has 5 nitrogen and oxygen atoms in total. The molecule has 1 aliphatic carbocycles. The molecule has 122 valence electrons. The Bertz CT molecular complexity index is 551. The predicted molar refractivity (Wildman–Crippen MR) is 85.4 cm³/mol. The first-order valence-corrected chi connectivity index (χ1v) is 8.52. The lowest BCUT2D eigenvalue weighted by Crippen LogP contribution is -2.46. The Labute approximate surface area is 133 Å². The first kappa shape index (κ1) is 15.5. The summed E-state index contributed by atoms with van der Waals surface area (Å²) in [6, 6.07) is 0. The predicted octanol–water partition coefficient (Wildman–Crippen LogP) is 2.61. The van der Waals surface area contributed by atoms with Crippen molar-refractivity contribution >= 4 is 5.91 Å². The van der Waals surface area contributed by atoms with Crippen LogP contribution in [-0.4, -0.2) is 38.9 Å². The van der Waals surface area contributed by atoms with Gasteiger partial charge in [-0.25, -0.2) is 0 Å². The lowest BCUT2D eigenvalue weighted by molar-refractivity contribution is -0.138. The van der Waals surface area contributed by atoms with Gasteiger partial charge in [0.1, 0.15) is 0 Å². The first-order chi connectivity index (χ1) is 10.3. The highest BCUT2D eigenvalue weighted by atomic mass is 16.2. The molecule has 1 saturated heterocycles. The van der Waals surface area contributed by atoms with Crippen molar-refractivity contribution in [1.82, 2.24) is 19.9 Å². The number of carbonyl (C=O) groups excluding carboxylic acids is 1. The molecule has 22 heavy (non-hydrogen) atoms.